The number of aromatic nitrogens is 2. The van der Waals surface area contributed by atoms with Gasteiger partial charge in [0, 0.05) is 18.8 Å². The van der Waals surface area contributed by atoms with E-state index in [4.69, 9.17) is 5.11 Å². The standard InChI is InChI=1S/C12H20N4O3/c1-4-9(3)16(5-2)12(19)14-10-6-13-15(7-10)8-11(17)18/h6-7,9H,4-5,8H2,1-3H3,(H,14,19)(H,17,18). The SMILES string of the molecule is CCC(C)N(CC)C(=O)Nc1cnn(CC(=O)O)c1. The smallest absolute Gasteiger partial charge is 0.325 e. The summed E-state index contributed by atoms with van der Waals surface area (Å²) in [5, 5.41) is 15.2. The molecule has 106 valence electrons. The summed E-state index contributed by atoms with van der Waals surface area (Å²) in [6.07, 6.45) is 3.81. The van der Waals surface area contributed by atoms with Gasteiger partial charge in [-0.2, -0.15) is 5.10 Å². The summed E-state index contributed by atoms with van der Waals surface area (Å²) in [5.41, 5.74) is 0.494. The number of aliphatic carboxylic acids is 1. The molecular weight excluding hydrogens is 248 g/mol. The quantitative estimate of drug-likeness (QED) is 0.820. The first-order valence-corrected chi connectivity index (χ1v) is 6.29. The van der Waals surface area contributed by atoms with Crippen molar-refractivity contribution >= 4 is 17.7 Å². The second-order valence-electron chi connectivity index (χ2n) is 4.29. The molecule has 0 fully saturated rings. The molecule has 0 spiro atoms. The Morgan fingerprint density at radius 1 is 1.53 bits per heavy atom. The molecule has 7 nitrogen and oxygen atoms in total. The van der Waals surface area contributed by atoms with Crippen molar-refractivity contribution in [1.29, 1.82) is 0 Å². The number of carbonyl (C=O) groups is 2. The van der Waals surface area contributed by atoms with Crippen LogP contribution < -0.4 is 5.32 Å². The molecular formula is C12H20N4O3. The van der Waals surface area contributed by atoms with E-state index >= 15 is 0 Å². The van der Waals surface area contributed by atoms with E-state index in [-0.39, 0.29) is 18.6 Å². The van der Waals surface area contributed by atoms with Crippen molar-refractivity contribution < 1.29 is 14.7 Å². The van der Waals surface area contributed by atoms with Crippen molar-refractivity contribution in [1.82, 2.24) is 14.7 Å². The Morgan fingerprint density at radius 3 is 2.74 bits per heavy atom. The Labute approximate surface area is 112 Å². The van der Waals surface area contributed by atoms with E-state index in [1.165, 1.54) is 17.1 Å². The van der Waals surface area contributed by atoms with Crippen LogP contribution in [0.4, 0.5) is 10.5 Å². The third-order valence-corrected chi connectivity index (χ3v) is 2.91. The minimum Gasteiger partial charge on any atom is -0.480 e. The molecule has 1 aromatic heterocycles. The third-order valence-electron chi connectivity index (χ3n) is 2.91. The van der Waals surface area contributed by atoms with Gasteiger partial charge in [-0.1, -0.05) is 6.92 Å². The number of anilines is 1. The van der Waals surface area contributed by atoms with Crippen LogP contribution in [0.25, 0.3) is 0 Å². The molecule has 1 aromatic rings. The highest BCUT2D eigenvalue weighted by Crippen LogP contribution is 2.09. The molecule has 0 saturated carbocycles. The first-order valence-electron chi connectivity index (χ1n) is 6.29. The van der Waals surface area contributed by atoms with E-state index in [2.05, 4.69) is 10.4 Å². The number of nitrogens with zero attached hydrogens (tertiary/aromatic N) is 3. The number of hydrogen-bond donors (Lipinski definition) is 2. The topological polar surface area (TPSA) is 87.5 Å². The number of urea groups is 1. The van der Waals surface area contributed by atoms with Crippen molar-refractivity contribution in [3.8, 4) is 0 Å². The second-order valence-corrected chi connectivity index (χ2v) is 4.29. The van der Waals surface area contributed by atoms with Crippen LogP contribution in [0, 0.1) is 0 Å². The normalized spacial score (nSPS) is 11.9. The summed E-state index contributed by atoms with van der Waals surface area (Å²) in [4.78, 5) is 24.3. The zero-order chi connectivity index (χ0) is 14.4. The molecule has 0 aliphatic heterocycles. The average molecular weight is 268 g/mol. The lowest BCUT2D eigenvalue weighted by Gasteiger charge is -2.27. The maximum Gasteiger partial charge on any atom is 0.325 e. The number of nitrogens with one attached hydrogen (secondary N) is 1. The maximum atomic E-state index is 12.0. The summed E-state index contributed by atoms with van der Waals surface area (Å²) in [5.74, 6) is -0.976. The summed E-state index contributed by atoms with van der Waals surface area (Å²) >= 11 is 0. The van der Waals surface area contributed by atoms with Crippen LogP contribution in [0.3, 0.4) is 0 Å². The predicted molar refractivity (Wildman–Crippen MR) is 71.0 cm³/mol. The van der Waals surface area contributed by atoms with Crippen LogP contribution in [0.15, 0.2) is 12.4 Å². The highest BCUT2D eigenvalue weighted by Gasteiger charge is 2.17. The predicted octanol–water partition coefficient (Wildman–Crippen LogP) is 1.62. The van der Waals surface area contributed by atoms with Gasteiger partial charge in [0.15, 0.2) is 0 Å². The van der Waals surface area contributed by atoms with E-state index < -0.39 is 5.97 Å². The minimum absolute atomic E-state index is 0.152. The van der Waals surface area contributed by atoms with Gasteiger partial charge in [0.2, 0.25) is 0 Å². The maximum absolute atomic E-state index is 12.0. The van der Waals surface area contributed by atoms with Gasteiger partial charge in [-0.3, -0.25) is 9.48 Å². The van der Waals surface area contributed by atoms with Gasteiger partial charge in [-0.25, -0.2) is 4.79 Å². The number of carbonyl (C=O) groups excluding carboxylic acids is 1. The number of carboxylic acids is 1. The number of carboxylic acid groups (broad SMARTS) is 1. The Bertz CT molecular complexity index is 444. The zero-order valence-corrected chi connectivity index (χ0v) is 11.5. The van der Waals surface area contributed by atoms with Gasteiger partial charge >= 0.3 is 12.0 Å². The zero-order valence-electron chi connectivity index (χ0n) is 11.5. The number of hydrogen-bond acceptors (Lipinski definition) is 3. The second kappa shape index (κ2) is 6.77. The molecule has 2 N–H and O–H groups in total. The van der Waals surface area contributed by atoms with Gasteiger partial charge in [-0.05, 0) is 20.3 Å². The van der Waals surface area contributed by atoms with Crippen LogP contribution in [0.5, 0.6) is 0 Å². The van der Waals surface area contributed by atoms with Crippen molar-refractivity contribution in [3.63, 3.8) is 0 Å². The van der Waals surface area contributed by atoms with Crippen LogP contribution in [0.2, 0.25) is 0 Å². The van der Waals surface area contributed by atoms with E-state index in [0.29, 0.717) is 12.2 Å². The fourth-order valence-electron chi connectivity index (χ4n) is 1.72. The van der Waals surface area contributed by atoms with E-state index in [1.54, 1.807) is 4.90 Å². The molecule has 2 amide bonds. The van der Waals surface area contributed by atoms with Crippen LogP contribution in [0.1, 0.15) is 27.2 Å². The molecule has 0 aliphatic carbocycles. The Morgan fingerprint density at radius 2 is 2.21 bits per heavy atom. The fraction of sp³-hybridized carbons (Fsp3) is 0.583. The monoisotopic (exact) mass is 268 g/mol. The first kappa shape index (κ1) is 15.0. The van der Waals surface area contributed by atoms with Crippen LogP contribution >= 0.6 is 0 Å². The van der Waals surface area contributed by atoms with Crippen molar-refractivity contribution in [2.45, 2.75) is 39.8 Å². The van der Waals surface area contributed by atoms with Gasteiger partial charge in [0.1, 0.15) is 6.54 Å². The molecule has 0 saturated heterocycles. The molecule has 0 aromatic carbocycles. The summed E-state index contributed by atoms with van der Waals surface area (Å²) in [7, 11) is 0. The van der Waals surface area contributed by atoms with Gasteiger partial charge in [0.25, 0.3) is 0 Å². The highest BCUT2D eigenvalue weighted by atomic mass is 16.4. The van der Waals surface area contributed by atoms with Crippen LogP contribution in [-0.2, 0) is 11.3 Å². The summed E-state index contributed by atoms with van der Waals surface area (Å²) < 4.78 is 1.26. The fourth-order valence-corrected chi connectivity index (χ4v) is 1.72. The Balaban J connectivity index is 2.65. The van der Waals surface area contributed by atoms with E-state index in [1.807, 2.05) is 20.8 Å². The minimum atomic E-state index is -0.976. The number of rotatable bonds is 6. The lowest BCUT2D eigenvalue weighted by molar-refractivity contribution is -0.137. The molecule has 0 bridgehead atoms. The van der Waals surface area contributed by atoms with E-state index in [9.17, 15) is 9.59 Å². The Hall–Kier alpha value is -2.05. The average Bonchev–Trinajstić information content (AvgIpc) is 2.76. The van der Waals surface area contributed by atoms with Crippen molar-refractivity contribution in [2.24, 2.45) is 0 Å². The third kappa shape index (κ3) is 4.27. The van der Waals surface area contributed by atoms with Crippen molar-refractivity contribution in [3.05, 3.63) is 12.4 Å². The van der Waals surface area contributed by atoms with Crippen LogP contribution in [-0.4, -0.2) is 44.4 Å². The van der Waals surface area contributed by atoms with Gasteiger partial charge in [0.05, 0.1) is 11.9 Å². The van der Waals surface area contributed by atoms with Gasteiger partial charge in [-0.15, -0.1) is 0 Å². The first-order chi connectivity index (χ1) is 8.97. The molecule has 1 atom stereocenters. The summed E-state index contributed by atoms with van der Waals surface area (Å²) in [6, 6.07) is -0.0502. The molecule has 0 aliphatic rings. The van der Waals surface area contributed by atoms with Crippen molar-refractivity contribution in [2.75, 3.05) is 11.9 Å². The molecule has 1 rings (SSSR count). The number of amides is 2. The highest BCUT2D eigenvalue weighted by molar-refractivity contribution is 5.89. The summed E-state index contributed by atoms with van der Waals surface area (Å²) in [6.45, 7) is 6.31. The Kier molecular flexibility index (Phi) is 5.35. The lowest BCUT2D eigenvalue weighted by Crippen LogP contribution is -2.40. The largest absolute Gasteiger partial charge is 0.480 e. The van der Waals surface area contributed by atoms with Gasteiger partial charge < -0.3 is 15.3 Å². The molecule has 1 unspecified atom stereocenters. The van der Waals surface area contributed by atoms with E-state index in [0.717, 1.165) is 6.42 Å². The molecule has 0 radical (unpaired) electrons. The molecule has 7 heteroatoms. The lowest BCUT2D eigenvalue weighted by atomic mass is 10.2. The molecule has 19 heavy (non-hydrogen) atoms. The molecule has 1 heterocycles.